The monoisotopic (exact) mass is 1500 g/mol. The molecule has 0 saturated carbocycles. The molecule has 9 heteroatoms. The second-order valence-corrected chi connectivity index (χ2v) is 33.3. The zero-order chi connectivity index (χ0) is 77.4. The van der Waals surface area contributed by atoms with Crippen molar-refractivity contribution in [2.45, 2.75) is 489 Å². The standard InChI is InChI=1S/C98H181NO8/c1-6-8-10-12-14-16-18-20-22-24-26-28-30-32-34-36-38-40-42-44-46-48-50-52-54-56-58-60-62-64-66-68-70-72-74-76-78-80-82-84-86-88-95(100)105-92-94(93-106-98(97(102)103)104-91-90-99(3,4)5)107-96(101)89-87-85-83-81-79-77-75-73-71-69-67-65-63-61-59-57-55-53-51-49-47-45-43-41-39-37-35-33-31-29-27-25-23-21-19-17-15-13-11-9-7-2/h9,11,15,17-18,20-21,23-24,26-27,29,94,98H,6-8,10,12-14,16,19,22,25,28,30-93H2,1-5H3/b11-9-,17-15-,20-18-,23-21-,26-24-,29-27-. The van der Waals surface area contributed by atoms with Crippen LogP contribution in [0.5, 0.6) is 0 Å². The Balaban J connectivity index is 3.86. The largest absolute Gasteiger partial charge is 0.545 e. The molecule has 0 N–H and O–H groups in total. The molecular weight excluding hydrogens is 1320 g/mol. The molecule has 0 bridgehead atoms. The van der Waals surface area contributed by atoms with Crippen molar-refractivity contribution in [1.82, 2.24) is 0 Å². The molecular formula is C98H181NO8. The highest BCUT2D eigenvalue weighted by molar-refractivity contribution is 5.70. The molecule has 0 rings (SSSR count). The van der Waals surface area contributed by atoms with E-state index < -0.39 is 24.3 Å². The van der Waals surface area contributed by atoms with Crippen molar-refractivity contribution >= 4 is 17.9 Å². The maximum atomic E-state index is 13.0. The maximum Gasteiger partial charge on any atom is 0.306 e. The van der Waals surface area contributed by atoms with Crippen LogP contribution in [0.15, 0.2) is 72.9 Å². The third kappa shape index (κ3) is 89.8. The van der Waals surface area contributed by atoms with Gasteiger partial charge in [0.1, 0.15) is 13.2 Å². The molecule has 0 aromatic rings. The van der Waals surface area contributed by atoms with Gasteiger partial charge in [-0.3, -0.25) is 9.59 Å². The number of carbonyl (C=O) groups excluding carboxylic acids is 3. The minimum Gasteiger partial charge on any atom is -0.545 e. The van der Waals surface area contributed by atoms with Gasteiger partial charge in [-0.2, -0.15) is 0 Å². The average molecular weight is 1500 g/mol. The number of allylic oxidation sites excluding steroid dienone is 12. The Hall–Kier alpha value is -3.27. The summed E-state index contributed by atoms with van der Waals surface area (Å²) in [6, 6.07) is 0. The second-order valence-electron chi connectivity index (χ2n) is 33.3. The first-order valence-corrected chi connectivity index (χ1v) is 47.1. The summed E-state index contributed by atoms with van der Waals surface area (Å²) >= 11 is 0. The summed E-state index contributed by atoms with van der Waals surface area (Å²) in [4.78, 5) is 37.7. The van der Waals surface area contributed by atoms with Gasteiger partial charge in [-0.25, -0.2) is 0 Å². The number of carboxylic acid groups (broad SMARTS) is 1. The van der Waals surface area contributed by atoms with Gasteiger partial charge in [-0.15, -0.1) is 0 Å². The second kappa shape index (κ2) is 88.3. The van der Waals surface area contributed by atoms with Gasteiger partial charge in [-0.05, 0) is 83.5 Å². The van der Waals surface area contributed by atoms with Crippen LogP contribution in [0.4, 0.5) is 0 Å². The van der Waals surface area contributed by atoms with Crippen molar-refractivity contribution < 1.29 is 42.9 Å². The number of carbonyl (C=O) groups is 3. The maximum absolute atomic E-state index is 13.0. The molecule has 0 saturated heterocycles. The predicted octanol–water partition coefficient (Wildman–Crippen LogP) is 29.7. The summed E-state index contributed by atoms with van der Waals surface area (Å²) in [5, 5.41) is 11.9. The minimum absolute atomic E-state index is 0.151. The van der Waals surface area contributed by atoms with E-state index in [0.717, 1.165) is 70.6 Å². The van der Waals surface area contributed by atoms with Gasteiger partial charge in [0.15, 0.2) is 12.4 Å². The lowest BCUT2D eigenvalue weighted by Gasteiger charge is -2.26. The smallest absolute Gasteiger partial charge is 0.306 e. The summed E-state index contributed by atoms with van der Waals surface area (Å²) in [7, 11) is 5.96. The lowest BCUT2D eigenvalue weighted by Crippen LogP contribution is -2.44. The van der Waals surface area contributed by atoms with Crippen LogP contribution in [-0.2, 0) is 33.3 Å². The fourth-order valence-electron chi connectivity index (χ4n) is 14.3. The highest BCUT2D eigenvalue weighted by Gasteiger charge is 2.22. The molecule has 2 unspecified atom stereocenters. The van der Waals surface area contributed by atoms with E-state index in [1.807, 2.05) is 21.1 Å². The number of ether oxygens (including phenoxy) is 4. The number of hydrogen-bond acceptors (Lipinski definition) is 8. The van der Waals surface area contributed by atoms with Crippen LogP contribution in [0, 0.1) is 0 Å². The molecule has 0 aliphatic carbocycles. The van der Waals surface area contributed by atoms with Crippen molar-refractivity contribution in [1.29, 1.82) is 0 Å². The van der Waals surface area contributed by atoms with Gasteiger partial charge in [0.25, 0.3) is 0 Å². The van der Waals surface area contributed by atoms with Crippen LogP contribution in [0.2, 0.25) is 0 Å². The minimum atomic E-state index is -1.62. The molecule has 0 heterocycles. The Bertz CT molecular complexity index is 2000. The molecule has 107 heavy (non-hydrogen) atoms. The fourth-order valence-corrected chi connectivity index (χ4v) is 14.3. The van der Waals surface area contributed by atoms with Crippen molar-refractivity contribution in [3.8, 4) is 0 Å². The molecule has 0 radical (unpaired) electrons. The quantitative estimate of drug-likeness (QED) is 0.0195. The zero-order valence-corrected chi connectivity index (χ0v) is 72.0. The molecule has 0 aromatic carbocycles. The number of rotatable bonds is 89. The van der Waals surface area contributed by atoms with Gasteiger partial charge < -0.3 is 33.3 Å². The third-order valence-electron chi connectivity index (χ3n) is 21.4. The Morgan fingerprint density at radius 1 is 0.290 bits per heavy atom. The summed E-state index contributed by atoms with van der Waals surface area (Å²) in [5.74, 6) is -2.24. The summed E-state index contributed by atoms with van der Waals surface area (Å²) < 4.78 is 23.0. The molecule has 9 nitrogen and oxygen atoms in total. The van der Waals surface area contributed by atoms with Gasteiger partial charge in [0.05, 0.1) is 40.3 Å². The van der Waals surface area contributed by atoms with Crippen LogP contribution in [0.1, 0.15) is 476 Å². The predicted molar refractivity (Wildman–Crippen MR) is 463 cm³/mol. The first-order chi connectivity index (χ1) is 52.6. The van der Waals surface area contributed by atoms with E-state index in [0.29, 0.717) is 17.4 Å². The number of hydrogen-bond donors (Lipinski definition) is 0. The number of aliphatic carboxylic acids is 1. The number of likely N-dealkylation sites (N-methyl/N-ethyl adjacent to an activating group) is 1. The van der Waals surface area contributed by atoms with E-state index in [1.165, 1.54) is 379 Å². The van der Waals surface area contributed by atoms with Crippen LogP contribution < -0.4 is 5.11 Å². The lowest BCUT2D eigenvalue weighted by atomic mass is 10.0. The Kier molecular flexibility index (Phi) is 85.6. The van der Waals surface area contributed by atoms with E-state index in [-0.39, 0.29) is 32.2 Å². The van der Waals surface area contributed by atoms with Gasteiger partial charge in [0.2, 0.25) is 0 Å². The first-order valence-electron chi connectivity index (χ1n) is 47.1. The fraction of sp³-hybridized carbons (Fsp3) is 0.847. The summed E-state index contributed by atoms with van der Waals surface area (Å²) in [6.45, 7) is 4.71. The van der Waals surface area contributed by atoms with Crippen molar-refractivity contribution in [3.05, 3.63) is 72.9 Å². The Labute approximate surface area is 666 Å². The van der Waals surface area contributed by atoms with Crippen LogP contribution >= 0.6 is 0 Å². The molecule has 626 valence electrons. The van der Waals surface area contributed by atoms with E-state index >= 15 is 0 Å². The Morgan fingerprint density at radius 3 is 0.794 bits per heavy atom. The molecule has 0 aliphatic rings. The topological polar surface area (TPSA) is 111 Å². The first kappa shape index (κ1) is 104. The van der Waals surface area contributed by atoms with Crippen molar-refractivity contribution in [3.63, 3.8) is 0 Å². The van der Waals surface area contributed by atoms with Gasteiger partial charge >= 0.3 is 11.9 Å². The number of quaternary nitrogens is 1. The molecule has 0 aliphatic heterocycles. The van der Waals surface area contributed by atoms with Gasteiger partial charge in [-0.1, -0.05) is 453 Å². The lowest BCUT2D eigenvalue weighted by molar-refractivity contribution is -0.870. The van der Waals surface area contributed by atoms with E-state index in [1.54, 1.807) is 0 Å². The average Bonchev–Trinajstić information content (AvgIpc) is 0.965. The van der Waals surface area contributed by atoms with E-state index in [9.17, 15) is 19.5 Å². The summed E-state index contributed by atoms with van der Waals surface area (Å²) in [6.07, 6.45) is 118. The highest BCUT2D eigenvalue weighted by Crippen LogP contribution is 2.21. The number of carboxylic acids is 1. The summed E-state index contributed by atoms with van der Waals surface area (Å²) in [5.41, 5.74) is 0. The SMILES string of the molecule is CC/C=C\C/C=C\C/C=C\C/C=C\CCCCCCCCCCCCCCCCCCCCCCCCCCCCCCC(=O)OC(COC(=O)CCCCCCCCCCCCCCCCCCCCCCCCCCCCCCC/C=C\C/C=C\CCCCCCC)COC(OCC[N+](C)(C)C)C(=O)[O-]. The molecule has 0 aromatic heterocycles. The molecule has 0 spiro atoms. The van der Waals surface area contributed by atoms with Crippen LogP contribution in [0.25, 0.3) is 0 Å². The third-order valence-corrected chi connectivity index (χ3v) is 21.4. The number of esters is 2. The normalized spacial score (nSPS) is 12.9. The van der Waals surface area contributed by atoms with E-state index in [2.05, 4.69) is 86.8 Å². The zero-order valence-electron chi connectivity index (χ0n) is 72.0. The Morgan fingerprint density at radius 2 is 0.533 bits per heavy atom. The molecule has 0 amide bonds. The highest BCUT2D eigenvalue weighted by atomic mass is 16.7. The van der Waals surface area contributed by atoms with E-state index in [4.69, 9.17) is 18.9 Å². The molecule has 0 fully saturated rings. The van der Waals surface area contributed by atoms with Crippen molar-refractivity contribution in [2.24, 2.45) is 0 Å². The molecule has 2 atom stereocenters. The van der Waals surface area contributed by atoms with Crippen LogP contribution in [-0.4, -0.2) is 82.3 Å². The van der Waals surface area contributed by atoms with Crippen LogP contribution in [0.3, 0.4) is 0 Å². The van der Waals surface area contributed by atoms with Crippen molar-refractivity contribution in [2.75, 3.05) is 47.5 Å². The number of unbranched alkanes of at least 4 members (excludes halogenated alkanes) is 62. The van der Waals surface area contributed by atoms with Gasteiger partial charge in [0, 0.05) is 12.8 Å². The number of nitrogens with zero attached hydrogens (tertiary/aromatic N) is 1.